The molecule has 3 saturated carbocycles. The number of hydrogen-bond acceptors (Lipinski definition) is 4. The Morgan fingerprint density at radius 2 is 2.00 bits per heavy atom. The monoisotopic (exact) mass is 362 g/mol. The van der Waals surface area contributed by atoms with Gasteiger partial charge in [0.1, 0.15) is 11.7 Å². The first kappa shape index (κ1) is 17.8. The molecule has 5 atom stereocenters. The maximum Gasteiger partial charge on any atom is 0.434 e. The van der Waals surface area contributed by atoms with Gasteiger partial charge in [-0.2, -0.15) is 4.99 Å². The van der Waals surface area contributed by atoms with Crippen LogP contribution in [0, 0.1) is 23.2 Å². The highest BCUT2D eigenvalue weighted by Gasteiger charge is 2.65. The van der Waals surface area contributed by atoms with Crippen molar-refractivity contribution >= 4 is 17.9 Å². The lowest BCUT2D eigenvalue weighted by atomic mass is 9.75. The van der Waals surface area contributed by atoms with Gasteiger partial charge in [-0.3, -0.25) is 0 Å². The zero-order valence-corrected chi connectivity index (χ0v) is 16.3. The summed E-state index contributed by atoms with van der Waals surface area (Å²) in [6.45, 7) is 8.57. The molecule has 1 aliphatic heterocycles. The smallest absolute Gasteiger partial charge is 0.434 e. The van der Waals surface area contributed by atoms with Crippen molar-refractivity contribution in [3.8, 4) is 0 Å². The van der Waals surface area contributed by atoms with Crippen LogP contribution >= 0.6 is 0 Å². The molecule has 4 rings (SSSR count). The molecular weight excluding hydrogens is 332 g/mol. The Kier molecular flexibility index (Phi) is 4.08. The molecule has 0 aromatic rings. The van der Waals surface area contributed by atoms with Crippen LogP contribution in [-0.2, 0) is 9.47 Å². The van der Waals surface area contributed by atoms with Crippen LogP contribution in [0.2, 0.25) is 0 Å². The molecule has 1 spiro atoms. The van der Waals surface area contributed by atoms with Gasteiger partial charge in [-0.25, -0.2) is 9.59 Å². The molecule has 1 heterocycles. The molecule has 0 radical (unpaired) electrons. The molecule has 5 unspecified atom stereocenters. The minimum absolute atomic E-state index is 0.0489. The van der Waals surface area contributed by atoms with Crippen LogP contribution in [0.25, 0.3) is 0 Å². The number of aliphatic imine (C=N–C) groups is 1. The summed E-state index contributed by atoms with van der Waals surface area (Å²) in [4.78, 5) is 30.1. The van der Waals surface area contributed by atoms with Crippen molar-refractivity contribution in [3.63, 3.8) is 0 Å². The zero-order valence-electron chi connectivity index (χ0n) is 16.3. The van der Waals surface area contributed by atoms with Crippen molar-refractivity contribution in [2.45, 2.75) is 71.5 Å². The van der Waals surface area contributed by atoms with Crippen LogP contribution < -0.4 is 0 Å². The van der Waals surface area contributed by atoms with Gasteiger partial charge in [0.25, 0.3) is 0 Å². The number of carbonyl (C=O) groups is 2. The van der Waals surface area contributed by atoms with E-state index < -0.39 is 11.7 Å². The summed E-state index contributed by atoms with van der Waals surface area (Å²) in [5, 5.41) is 0. The fraction of sp³-hybridized carbons (Fsp3) is 0.850. The summed E-state index contributed by atoms with van der Waals surface area (Å²) in [6.07, 6.45) is 4.88. The fourth-order valence-electron chi connectivity index (χ4n) is 5.50. The number of likely N-dealkylation sites (tertiary alicyclic amines) is 1. The molecule has 4 aliphatic rings. The Bertz CT molecular complexity index is 653. The SMILES string of the molecule is CC1CC23CC(CC2C3)C1OC(=O)N1CCC(=NC(=O)OC(C)(C)C)C1. The molecule has 144 valence electrons. The third-order valence-electron chi connectivity index (χ3n) is 6.55. The summed E-state index contributed by atoms with van der Waals surface area (Å²) in [5.74, 6) is 1.87. The van der Waals surface area contributed by atoms with Gasteiger partial charge < -0.3 is 14.4 Å². The van der Waals surface area contributed by atoms with Crippen molar-refractivity contribution in [2.75, 3.05) is 13.1 Å². The third-order valence-corrected chi connectivity index (χ3v) is 6.55. The summed E-state index contributed by atoms with van der Waals surface area (Å²) >= 11 is 0. The van der Waals surface area contributed by atoms with E-state index in [0.717, 1.165) is 5.92 Å². The molecule has 2 amide bonds. The van der Waals surface area contributed by atoms with Crippen molar-refractivity contribution < 1.29 is 19.1 Å². The summed E-state index contributed by atoms with van der Waals surface area (Å²) in [5.41, 5.74) is 0.733. The number of amides is 2. The average Bonchev–Trinajstić information content (AvgIpc) is 2.88. The average molecular weight is 362 g/mol. The minimum Gasteiger partial charge on any atom is -0.446 e. The van der Waals surface area contributed by atoms with Gasteiger partial charge in [-0.1, -0.05) is 6.92 Å². The van der Waals surface area contributed by atoms with Crippen LogP contribution in [0.1, 0.15) is 59.8 Å². The van der Waals surface area contributed by atoms with Gasteiger partial charge in [0.2, 0.25) is 0 Å². The highest BCUT2D eigenvalue weighted by atomic mass is 16.6. The molecule has 6 nitrogen and oxygen atoms in total. The predicted molar refractivity (Wildman–Crippen MR) is 97.2 cm³/mol. The standard InChI is InChI=1S/C20H30N2O4/c1-12-8-20-9-13(7-14(20)10-20)16(12)25-18(24)22-6-5-15(11-22)21-17(23)26-19(2,3)4/h12-14,16H,5-11H2,1-4H3. The van der Waals surface area contributed by atoms with E-state index in [0.29, 0.717) is 42.5 Å². The van der Waals surface area contributed by atoms with E-state index in [4.69, 9.17) is 9.47 Å². The van der Waals surface area contributed by atoms with Crippen LogP contribution in [0.15, 0.2) is 4.99 Å². The molecule has 6 heteroatoms. The second-order valence-electron chi connectivity index (χ2n) is 9.82. The van der Waals surface area contributed by atoms with E-state index in [9.17, 15) is 9.59 Å². The lowest BCUT2D eigenvalue weighted by Crippen LogP contribution is -2.41. The first-order chi connectivity index (χ1) is 12.2. The lowest BCUT2D eigenvalue weighted by molar-refractivity contribution is -0.0167. The Morgan fingerprint density at radius 1 is 1.23 bits per heavy atom. The van der Waals surface area contributed by atoms with E-state index in [1.807, 2.05) is 20.8 Å². The molecule has 26 heavy (non-hydrogen) atoms. The van der Waals surface area contributed by atoms with E-state index in [1.165, 1.54) is 25.7 Å². The number of ether oxygens (including phenoxy) is 2. The van der Waals surface area contributed by atoms with Crippen molar-refractivity contribution in [1.82, 2.24) is 4.90 Å². The Morgan fingerprint density at radius 3 is 2.73 bits per heavy atom. The van der Waals surface area contributed by atoms with E-state index in [2.05, 4.69) is 11.9 Å². The Hall–Kier alpha value is -1.59. The van der Waals surface area contributed by atoms with E-state index in [-0.39, 0.29) is 12.2 Å². The number of rotatable bonds is 1. The van der Waals surface area contributed by atoms with Crippen molar-refractivity contribution in [3.05, 3.63) is 0 Å². The van der Waals surface area contributed by atoms with Gasteiger partial charge in [0.15, 0.2) is 0 Å². The summed E-state index contributed by atoms with van der Waals surface area (Å²) in [6, 6.07) is 0. The quantitative estimate of drug-likeness (QED) is 0.706. The largest absolute Gasteiger partial charge is 0.446 e. The van der Waals surface area contributed by atoms with E-state index >= 15 is 0 Å². The minimum atomic E-state index is -0.584. The molecule has 2 bridgehead atoms. The van der Waals surface area contributed by atoms with Gasteiger partial charge in [-0.05, 0) is 69.6 Å². The molecular formula is C20H30N2O4. The molecule has 0 N–H and O–H groups in total. The second-order valence-corrected chi connectivity index (χ2v) is 9.82. The van der Waals surface area contributed by atoms with Crippen LogP contribution in [0.4, 0.5) is 9.59 Å². The van der Waals surface area contributed by atoms with Crippen molar-refractivity contribution in [1.29, 1.82) is 0 Å². The molecule has 3 aliphatic carbocycles. The number of carbonyl (C=O) groups excluding carboxylic acids is 2. The van der Waals surface area contributed by atoms with Crippen LogP contribution in [-0.4, -0.2) is 47.6 Å². The van der Waals surface area contributed by atoms with E-state index in [1.54, 1.807) is 4.90 Å². The predicted octanol–water partition coefficient (Wildman–Crippen LogP) is 4.03. The van der Waals surface area contributed by atoms with Gasteiger partial charge in [0, 0.05) is 18.7 Å². The molecule has 0 aromatic heterocycles. The highest BCUT2D eigenvalue weighted by Crippen LogP contribution is 2.72. The fourth-order valence-corrected chi connectivity index (χ4v) is 5.50. The maximum absolute atomic E-state index is 12.6. The number of hydrogen-bond donors (Lipinski definition) is 0. The van der Waals surface area contributed by atoms with Crippen LogP contribution in [0.5, 0.6) is 0 Å². The first-order valence-corrected chi connectivity index (χ1v) is 9.90. The normalized spacial score (nSPS) is 39.7. The first-order valence-electron chi connectivity index (χ1n) is 9.90. The maximum atomic E-state index is 12.6. The molecule has 4 fully saturated rings. The number of fused-ring (bicyclic) bond motifs is 1. The Balaban J connectivity index is 1.31. The zero-order chi connectivity index (χ0) is 18.7. The summed E-state index contributed by atoms with van der Waals surface area (Å²) in [7, 11) is 0. The second kappa shape index (κ2) is 5.96. The van der Waals surface area contributed by atoms with Gasteiger partial charge in [-0.15, -0.1) is 0 Å². The highest BCUT2D eigenvalue weighted by molar-refractivity contribution is 5.98. The van der Waals surface area contributed by atoms with Gasteiger partial charge >= 0.3 is 12.2 Å². The number of nitrogens with zero attached hydrogens (tertiary/aromatic N) is 2. The lowest BCUT2D eigenvalue weighted by Gasteiger charge is -2.37. The topological polar surface area (TPSA) is 68.2 Å². The van der Waals surface area contributed by atoms with Crippen LogP contribution in [0.3, 0.4) is 0 Å². The third kappa shape index (κ3) is 3.35. The van der Waals surface area contributed by atoms with Gasteiger partial charge in [0.05, 0.1) is 6.54 Å². The van der Waals surface area contributed by atoms with Crippen molar-refractivity contribution in [2.24, 2.45) is 28.2 Å². The Labute approximate surface area is 155 Å². The molecule has 1 saturated heterocycles. The summed E-state index contributed by atoms with van der Waals surface area (Å²) < 4.78 is 11.1. The molecule has 0 aromatic carbocycles.